The minimum Gasteiger partial charge on any atom is -0.486 e. The van der Waals surface area contributed by atoms with E-state index >= 15 is 0 Å². The minimum atomic E-state index is -0.551. The van der Waals surface area contributed by atoms with Crippen molar-refractivity contribution in [3.05, 3.63) is 42.1 Å². The molecule has 6 rings (SSSR count). The number of H-pyrrole nitrogens is 1. The number of carbonyl (C=O) groups excluding carboxylic acids is 1. The van der Waals surface area contributed by atoms with Crippen LogP contribution in [0.3, 0.4) is 0 Å². The van der Waals surface area contributed by atoms with Crippen LogP contribution in [0.15, 0.2) is 30.7 Å². The van der Waals surface area contributed by atoms with Gasteiger partial charge in [0.15, 0.2) is 23.1 Å². The lowest BCUT2D eigenvalue weighted by Crippen LogP contribution is -2.56. The molecule has 34 heavy (non-hydrogen) atoms. The zero-order valence-corrected chi connectivity index (χ0v) is 18.6. The normalized spacial score (nSPS) is 19.4. The second-order valence-electron chi connectivity index (χ2n) is 8.30. The number of fused-ring (bicyclic) bond motifs is 4. The van der Waals surface area contributed by atoms with Gasteiger partial charge in [-0.15, -0.1) is 5.10 Å². The molecule has 0 bridgehead atoms. The number of esters is 1. The third kappa shape index (κ3) is 3.34. The van der Waals surface area contributed by atoms with Gasteiger partial charge in [-0.2, -0.15) is 0 Å². The average molecular weight is 462 g/mol. The van der Waals surface area contributed by atoms with Crippen LogP contribution in [0.2, 0.25) is 0 Å². The number of morpholine rings is 1. The molecule has 2 aliphatic rings. The summed E-state index contributed by atoms with van der Waals surface area (Å²) in [5.41, 5.74) is 2.37. The van der Waals surface area contributed by atoms with Crippen LogP contribution < -0.4 is 9.64 Å². The molecule has 4 aromatic heterocycles. The molecule has 12 heteroatoms. The standard InChI is InChI=1S/C22H22N8O4/c1-12-9-33-10-13-11-34-18-16(7-29-8-17(27-28-29)22(31)32-2)25-20(26-21(18)30(12)13)15-4-6-24-19-14(15)3-5-23-19/h3-6,8,12-13H,7,9-11H2,1-2H3,(H,23,24)/t12-,13+/m1/s1. The van der Waals surface area contributed by atoms with Crippen LogP contribution in [-0.4, -0.2) is 79.9 Å². The molecule has 0 unspecified atom stereocenters. The predicted octanol–water partition coefficient (Wildman–Crippen LogP) is 1.43. The highest BCUT2D eigenvalue weighted by atomic mass is 16.5. The number of hydrogen-bond donors (Lipinski definition) is 1. The summed E-state index contributed by atoms with van der Waals surface area (Å²) in [6.07, 6.45) is 5.10. The highest BCUT2D eigenvalue weighted by Crippen LogP contribution is 2.39. The largest absolute Gasteiger partial charge is 0.486 e. The van der Waals surface area contributed by atoms with E-state index in [4.69, 9.17) is 24.2 Å². The van der Waals surface area contributed by atoms with Crippen LogP contribution in [-0.2, 0) is 16.0 Å². The number of aromatic amines is 1. The Bertz CT molecular complexity index is 1380. The molecule has 4 aromatic rings. The summed E-state index contributed by atoms with van der Waals surface area (Å²) in [5.74, 6) is 1.32. The number of hydrogen-bond acceptors (Lipinski definition) is 10. The lowest BCUT2D eigenvalue weighted by atomic mass is 10.1. The molecule has 0 spiro atoms. The molecule has 1 N–H and O–H groups in total. The summed E-state index contributed by atoms with van der Waals surface area (Å²) in [6, 6.07) is 4.04. The monoisotopic (exact) mass is 462 g/mol. The summed E-state index contributed by atoms with van der Waals surface area (Å²) in [5, 5.41) is 8.90. The molecule has 0 aliphatic carbocycles. The molecular formula is C22H22N8O4. The fourth-order valence-electron chi connectivity index (χ4n) is 4.50. The molecule has 2 aliphatic heterocycles. The van der Waals surface area contributed by atoms with Gasteiger partial charge >= 0.3 is 5.97 Å². The van der Waals surface area contributed by atoms with Crippen LogP contribution in [0.25, 0.3) is 22.4 Å². The fourth-order valence-corrected chi connectivity index (χ4v) is 4.50. The van der Waals surface area contributed by atoms with Crippen molar-refractivity contribution in [2.45, 2.75) is 25.6 Å². The summed E-state index contributed by atoms with van der Waals surface area (Å²) in [7, 11) is 1.30. The van der Waals surface area contributed by atoms with E-state index in [1.165, 1.54) is 18.0 Å². The Labute approximate surface area is 193 Å². The van der Waals surface area contributed by atoms with Crippen molar-refractivity contribution in [2.75, 3.05) is 31.8 Å². The number of ether oxygens (including phenoxy) is 3. The topological polar surface area (TPSA) is 133 Å². The highest BCUT2D eigenvalue weighted by Gasteiger charge is 2.38. The van der Waals surface area contributed by atoms with Gasteiger partial charge in [-0.3, -0.25) is 0 Å². The average Bonchev–Trinajstić information content (AvgIpc) is 3.53. The first-order chi connectivity index (χ1) is 16.6. The van der Waals surface area contributed by atoms with E-state index in [-0.39, 0.29) is 24.3 Å². The number of nitrogens with zero attached hydrogens (tertiary/aromatic N) is 7. The van der Waals surface area contributed by atoms with Crippen molar-refractivity contribution < 1.29 is 19.0 Å². The van der Waals surface area contributed by atoms with E-state index in [0.29, 0.717) is 37.1 Å². The summed E-state index contributed by atoms with van der Waals surface area (Å²) in [6.45, 7) is 4.00. The van der Waals surface area contributed by atoms with Crippen molar-refractivity contribution in [3.8, 4) is 17.1 Å². The predicted molar refractivity (Wildman–Crippen MR) is 120 cm³/mol. The molecule has 2 atom stereocenters. The number of anilines is 1. The van der Waals surface area contributed by atoms with Gasteiger partial charge < -0.3 is 24.1 Å². The number of rotatable bonds is 4. The minimum absolute atomic E-state index is 0.0638. The van der Waals surface area contributed by atoms with E-state index in [1.807, 2.05) is 18.3 Å². The number of pyridine rings is 1. The Kier molecular flexibility index (Phi) is 4.87. The number of carbonyl (C=O) groups is 1. The zero-order valence-electron chi connectivity index (χ0n) is 18.6. The van der Waals surface area contributed by atoms with Crippen molar-refractivity contribution in [1.29, 1.82) is 0 Å². The molecule has 174 valence electrons. The first-order valence-corrected chi connectivity index (χ1v) is 10.9. The smallest absolute Gasteiger partial charge is 0.360 e. The van der Waals surface area contributed by atoms with Crippen molar-refractivity contribution in [2.24, 2.45) is 0 Å². The van der Waals surface area contributed by atoms with Gasteiger partial charge in [0, 0.05) is 23.3 Å². The Morgan fingerprint density at radius 2 is 2.18 bits per heavy atom. The fraction of sp³-hybridized carbons (Fsp3) is 0.364. The van der Waals surface area contributed by atoms with Crippen molar-refractivity contribution in [3.63, 3.8) is 0 Å². The van der Waals surface area contributed by atoms with Gasteiger partial charge in [0.1, 0.15) is 17.9 Å². The Morgan fingerprint density at radius 1 is 1.26 bits per heavy atom. The molecule has 0 radical (unpaired) electrons. The van der Waals surface area contributed by atoms with Gasteiger partial charge in [0.05, 0.1) is 45.1 Å². The maximum absolute atomic E-state index is 11.8. The molecule has 0 amide bonds. The maximum Gasteiger partial charge on any atom is 0.360 e. The van der Waals surface area contributed by atoms with Gasteiger partial charge in [-0.1, -0.05) is 5.21 Å². The third-order valence-corrected chi connectivity index (χ3v) is 6.07. The van der Waals surface area contributed by atoms with Gasteiger partial charge in [-0.05, 0) is 19.1 Å². The number of methoxy groups -OCH3 is 1. The Balaban J connectivity index is 1.50. The summed E-state index contributed by atoms with van der Waals surface area (Å²) >= 11 is 0. The molecular weight excluding hydrogens is 440 g/mol. The van der Waals surface area contributed by atoms with Crippen molar-refractivity contribution in [1.82, 2.24) is 34.9 Å². The third-order valence-electron chi connectivity index (χ3n) is 6.07. The number of nitrogens with one attached hydrogen (secondary N) is 1. The molecule has 12 nitrogen and oxygen atoms in total. The molecule has 0 saturated carbocycles. The van der Waals surface area contributed by atoms with Crippen LogP contribution in [0, 0.1) is 0 Å². The van der Waals surface area contributed by atoms with Gasteiger partial charge in [-0.25, -0.2) is 24.4 Å². The molecule has 1 fully saturated rings. The van der Waals surface area contributed by atoms with E-state index in [9.17, 15) is 4.79 Å². The first kappa shape index (κ1) is 20.5. The van der Waals surface area contributed by atoms with Gasteiger partial charge in [0.25, 0.3) is 0 Å². The van der Waals surface area contributed by atoms with E-state index < -0.39 is 5.97 Å². The van der Waals surface area contributed by atoms with E-state index in [2.05, 4.69) is 32.1 Å². The van der Waals surface area contributed by atoms with Gasteiger partial charge in [0.2, 0.25) is 0 Å². The second kappa shape index (κ2) is 8.06. The first-order valence-electron chi connectivity index (χ1n) is 10.9. The zero-order chi connectivity index (χ0) is 23.2. The SMILES string of the molecule is COC(=O)c1cn(Cc2nc(-c3ccnc4[nH]ccc34)nc3c2OC[C@@H]2COC[C@@H](C)N32)nn1. The Hall–Kier alpha value is -4.06. The summed E-state index contributed by atoms with van der Waals surface area (Å²) < 4.78 is 18.2. The van der Waals surface area contributed by atoms with Crippen LogP contribution in [0.4, 0.5) is 5.82 Å². The van der Waals surface area contributed by atoms with E-state index in [1.54, 1.807) is 6.20 Å². The maximum atomic E-state index is 11.8. The second-order valence-corrected chi connectivity index (χ2v) is 8.30. The summed E-state index contributed by atoms with van der Waals surface area (Å²) in [4.78, 5) is 31.4. The molecule has 0 aromatic carbocycles. The van der Waals surface area contributed by atoms with Crippen molar-refractivity contribution >= 4 is 22.8 Å². The lowest BCUT2D eigenvalue weighted by Gasteiger charge is -2.44. The van der Waals surface area contributed by atoms with Crippen LogP contribution in [0.5, 0.6) is 5.75 Å². The highest BCUT2D eigenvalue weighted by molar-refractivity contribution is 5.91. The van der Waals surface area contributed by atoms with Crippen LogP contribution in [0.1, 0.15) is 23.1 Å². The Morgan fingerprint density at radius 3 is 3.06 bits per heavy atom. The van der Waals surface area contributed by atoms with E-state index in [0.717, 1.165) is 22.4 Å². The lowest BCUT2D eigenvalue weighted by molar-refractivity contribution is 0.0483. The number of aromatic nitrogens is 7. The quantitative estimate of drug-likeness (QED) is 0.444. The van der Waals surface area contributed by atoms with Crippen LogP contribution >= 0.6 is 0 Å². The molecule has 6 heterocycles. The molecule has 1 saturated heterocycles.